The van der Waals surface area contributed by atoms with E-state index in [-0.39, 0.29) is 5.54 Å². The number of aromatic nitrogens is 1. The second kappa shape index (κ2) is 10.6. The third-order valence-electron chi connectivity index (χ3n) is 7.66. The highest BCUT2D eigenvalue weighted by Gasteiger charge is 2.39. The second-order valence-corrected chi connectivity index (χ2v) is 10.7. The van der Waals surface area contributed by atoms with Crippen molar-refractivity contribution in [2.75, 3.05) is 51.4 Å². The molecular formula is C24H39N3O2S. The van der Waals surface area contributed by atoms with E-state index >= 15 is 0 Å². The standard InChI is InChI=1S/C24H39N3O2S/c1-29-16-15-26(20-21-7-6-12-25-11-3-2-8-22(21)25)23(28)19-24(9-17-30-18-10-24)27-13-4-5-14-27/h4-5,13-14,21-22H,2-3,6-12,15-20H2,1H3/t21-,22+/m0/s1. The Morgan fingerprint density at radius 3 is 2.67 bits per heavy atom. The van der Waals surface area contributed by atoms with Gasteiger partial charge in [-0.2, -0.15) is 11.8 Å². The van der Waals surface area contributed by atoms with Gasteiger partial charge in [0.25, 0.3) is 0 Å². The molecule has 1 aromatic rings. The zero-order chi connectivity index (χ0) is 20.8. The van der Waals surface area contributed by atoms with Gasteiger partial charge in [-0.3, -0.25) is 4.79 Å². The molecular weight excluding hydrogens is 394 g/mol. The molecule has 0 N–H and O–H groups in total. The van der Waals surface area contributed by atoms with Crippen molar-refractivity contribution in [3.05, 3.63) is 24.5 Å². The van der Waals surface area contributed by atoms with Crippen molar-refractivity contribution in [3.63, 3.8) is 0 Å². The van der Waals surface area contributed by atoms with Gasteiger partial charge in [0.05, 0.1) is 18.6 Å². The zero-order valence-electron chi connectivity index (χ0n) is 18.6. The fourth-order valence-electron chi connectivity index (χ4n) is 5.91. The minimum atomic E-state index is -0.0550. The average molecular weight is 434 g/mol. The summed E-state index contributed by atoms with van der Waals surface area (Å²) in [6.07, 6.45) is 13.6. The minimum Gasteiger partial charge on any atom is -0.383 e. The summed E-state index contributed by atoms with van der Waals surface area (Å²) >= 11 is 2.02. The number of piperidine rings is 2. The molecule has 0 aliphatic carbocycles. The zero-order valence-corrected chi connectivity index (χ0v) is 19.5. The van der Waals surface area contributed by atoms with Crippen molar-refractivity contribution in [3.8, 4) is 0 Å². The number of thioether (sulfide) groups is 1. The highest BCUT2D eigenvalue weighted by molar-refractivity contribution is 7.99. The molecule has 0 bridgehead atoms. The monoisotopic (exact) mass is 433 g/mol. The third-order valence-corrected chi connectivity index (χ3v) is 8.64. The molecule has 1 amide bonds. The number of rotatable bonds is 8. The molecule has 3 aliphatic heterocycles. The van der Waals surface area contributed by atoms with E-state index in [1.807, 2.05) is 11.8 Å². The molecule has 0 spiro atoms. The average Bonchev–Trinajstić information content (AvgIpc) is 3.33. The van der Waals surface area contributed by atoms with Gasteiger partial charge in [-0.1, -0.05) is 6.42 Å². The van der Waals surface area contributed by atoms with Gasteiger partial charge in [-0.15, -0.1) is 0 Å². The largest absolute Gasteiger partial charge is 0.383 e. The van der Waals surface area contributed by atoms with Crippen LogP contribution in [0, 0.1) is 5.92 Å². The van der Waals surface area contributed by atoms with Crippen LogP contribution >= 0.6 is 11.8 Å². The molecule has 5 nitrogen and oxygen atoms in total. The van der Waals surface area contributed by atoms with E-state index in [2.05, 4.69) is 38.9 Å². The number of carbonyl (C=O) groups is 1. The van der Waals surface area contributed by atoms with Crippen LogP contribution in [0.25, 0.3) is 0 Å². The smallest absolute Gasteiger partial charge is 0.225 e. The Hall–Kier alpha value is -0.980. The molecule has 1 aromatic heterocycles. The lowest BCUT2D eigenvalue weighted by Crippen LogP contribution is -2.52. The molecule has 3 fully saturated rings. The summed E-state index contributed by atoms with van der Waals surface area (Å²) < 4.78 is 7.71. The Morgan fingerprint density at radius 2 is 1.90 bits per heavy atom. The van der Waals surface area contributed by atoms with Gasteiger partial charge < -0.3 is 19.1 Å². The molecule has 6 heteroatoms. The van der Waals surface area contributed by atoms with Crippen LogP contribution in [0.3, 0.4) is 0 Å². The van der Waals surface area contributed by atoms with Crippen LogP contribution in [0.2, 0.25) is 0 Å². The van der Waals surface area contributed by atoms with Crippen molar-refractivity contribution in [2.24, 2.45) is 5.92 Å². The summed E-state index contributed by atoms with van der Waals surface area (Å²) in [5.74, 6) is 3.22. The fraction of sp³-hybridized carbons (Fsp3) is 0.792. The topological polar surface area (TPSA) is 37.7 Å². The van der Waals surface area contributed by atoms with Gasteiger partial charge >= 0.3 is 0 Å². The summed E-state index contributed by atoms with van der Waals surface area (Å²) in [6.45, 7) is 4.75. The minimum absolute atomic E-state index is 0.0550. The lowest BCUT2D eigenvalue weighted by atomic mass is 9.82. The Labute approximate surface area is 186 Å². The Morgan fingerprint density at radius 1 is 1.13 bits per heavy atom. The van der Waals surface area contributed by atoms with E-state index < -0.39 is 0 Å². The maximum absolute atomic E-state index is 13.7. The predicted molar refractivity (Wildman–Crippen MR) is 124 cm³/mol. The summed E-state index contributed by atoms with van der Waals surface area (Å²) in [5, 5.41) is 0. The van der Waals surface area contributed by atoms with E-state index in [4.69, 9.17) is 4.74 Å². The van der Waals surface area contributed by atoms with Gasteiger partial charge in [0.15, 0.2) is 0 Å². The summed E-state index contributed by atoms with van der Waals surface area (Å²) in [4.78, 5) is 18.5. The molecule has 3 aliphatic rings. The van der Waals surface area contributed by atoms with Gasteiger partial charge in [0, 0.05) is 38.6 Å². The predicted octanol–water partition coefficient (Wildman–Crippen LogP) is 3.84. The number of ether oxygens (including phenoxy) is 1. The lowest BCUT2D eigenvalue weighted by Gasteiger charge is -2.46. The van der Waals surface area contributed by atoms with Gasteiger partial charge in [-0.25, -0.2) is 0 Å². The molecule has 4 heterocycles. The maximum Gasteiger partial charge on any atom is 0.225 e. The molecule has 0 unspecified atom stereocenters. The van der Waals surface area contributed by atoms with E-state index in [9.17, 15) is 4.79 Å². The normalized spacial score (nSPS) is 26.8. The van der Waals surface area contributed by atoms with Crippen LogP contribution in [-0.4, -0.2) is 77.7 Å². The van der Waals surface area contributed by atoms with Crippen molar-refractivity contribution >= 4 is 17.7 Å². The van der Waals surface area contributed by atoms with Crippen LogP contribution in [-0.2, 0) is 15.1 Å². The Kier molecular flexibility index (Phi) is 7.82. The molecule has 0 radical (unpaired) electrons. The number of carbonyl (C=O) groups excluding carboxylic acids is 1. The molecule has 3 saturated heterocycles. The van der Waals surface area contributed by atoms with Crippen LogP contribution < -0.4 is 0 Å². The first kappa shape index (κ1) is 22.2. The second-order valence-electron chi connectivity index (χ2n) is 9.44. The Bertz CT molecular complexity index is 657. The quantitative estimate of drug-likeness (QED) is 0.624. The van der Waals surface area contributed by atoms with E-state index in [0.29, 0.717) is 30.9 Å². The van der Waals surface area contributed by atoms with Crippen molar-refractivity contribution < 1.29 is 9.53 Å². The maximum atomic E-state index is 13.7. The molecule has 2 atom stereocenters. The molecule has 30 heavy (non-hydrogen) atoms. The molecule has 0 saturated carbocycles. The third kappa shape index (κ3) is 5.08. The van der Waals surface area contributed by atoms with Crippen molar-refractivity contribution in [2.45, 2.75) is 62.9 Å². The van der Waals surface area contributed by atoms with E-state index in [1.165, 1.54) is 45.2 Å². The van der Waals surface area contributed by atoms with Crippen molar-refractivity contribution in [1.82, 2.24) is 14.4 Å². The number of methoxy groups -OCH3 is 1. The first-order valence-corrected chi connectivity index (χ1v) is 13.1. The van der Waals surface area contributed by atoms with Crippen LogP contribution in [0.4, 0.5) is 0 Å². The van der Waals surface area contributed by atoms with E-state index in [1.54, 1.807) is 7.11 Å². The summed E-state index contributed by atoms with van der Waals surface area (Å²) in [7, 11) is 1.74. The summed E-state index contributed by atoms with van der Waals surface area (Å²) in [6, 6.07) is 4.86. The molecule has 0 aromatic carbocycles. The van der Waals surface area contributed by atoms with Crippen LogP contribution in [0.5, 0.6) is 0 Å². The highest BCUT2D eigenvalue weighted by atomic mass is 32.2. The van der Waals surface area contributed by atoms with Crippen LogP contribution in [0.15, 0.2) is 24.5 Å². The highest BCUT2D eigenvalue weighted by Crippen LogP contribution is 2.38. The Balaban J connectivity index is 1.47. The van der Waals surface area contributed by atoms with Gasteiger partial charge in [0.2, 0.25) is 5.91 Å². The first-order chi connectivity index (χ1) is 14.7. The van der Waals surface area contributed by atoms with E-state index in [0.717, 1.165) is 37.4 Å². The number of hydrogen-bond donors (Lipinski definition) is 0. The fourth-order valence-corrected chi connectivity index (χ4v) is 7.17. The number of amides is 1. The first-order valence-electron chi connectivity index (χ1n) is 11.9. The van der Waals surface area contributed by atoms with Crippen molar-refractivity contribution in [1.29, 1.82) is 0 Å². The number of fused-ring (bicyclic) bond motifs is 1. The number of nitrogens with zero attached hydrogens (tertiary/aromatic N) is 3. The van der Waals surface area contributed by atoms with Crippen LogP contribution in [0.1, 0.15) is 51.4 Å². The SMILES string of the molecule is COCCN(C[C@@H]1CCCN2CCCC[C@H]12)C(=O)CC1(n2cccc2)CCSCC1. The lowest BCUT2D eigenvalue weighted by molar-refractivity contribution is -0.135. The number of hydrogen-bond acceptors (Lipinski definition) is 4. The molecule has 168 valence electrons. The van der Waals surface area contributed by atoms with Gasteiger partial charge in [-0.05, 0) is 81.2 Å². The van der Waals surface area contributed by atoms with Gasteiger partial charge in [0.1, 0.15) is 0 Å². The molecule has 4 rings (SSSR count). The summed E-state index contributed by atoms with van der Waals surface area (Å²) in [5.41, 5.74) is -0.0550.